The molecule has 0 radical (unpaired) electrons. The zero-order valence-electron chi connectivity index (χ0n) is 9.80. The highest BCUT2D eigenvalue weighted by molar-refractivity contribution is 8.27. The molecule has 1 fully saturated rings. The lowest BCUT2D eigenvalue weighted by Crippen LogP contribution is -2.25. The first-order valence-electron chi connectivity index (χ1n) is 5.39. The molecule has 0 aliphatic carbocycles. The SMILES string of the molecule is CON1C(=O)/C(=C2\SC(=S)NC2=O)c2ccccc21. The van der Waals surface area contributed by atoms with Gasteiger partial charge < -0.3 is 5.32 Å². The lowest BCUT2D eigenvalue weighted by Gasteiger charge is -2.12. The monoisotopic (exact) mass is 292 g/mol. The van der Waals surface area contributed by atoms with Gasteiger partial charge in [0.2, 0.25) is 0 Å². The Hall–Kier alpha value is -1.70. The van der Waals surface area contributed by atoms with Gasteiger partial charge in [0.05, 0.1) is 23.3 Å². The largest absolute Gasteiger partial charge is 0.307 e. The highest BCUT2D eigenvalue weighted by Crippen LogP contribution is 2.42. The van der Waals surface area contributed by atoms with Crippen LogP contribution in [0.15, 0.2) is 29.2 Å². The van der Waals surface area contributed by atoms with E-state index in [1.165, 1.54) is 12.2 Å². The molecular weight excluding hydrogens is 284 g/mol. The van der Waals surface area contributed by atoms with Crippen molar-refractivity contribution in [3.8, 4) is 0 Å². The van der Waals surface area contributed by atoms with Gasteiger partial charge in [-0.25, -0.2) is 0 Å². The molecule has 2 amide bonds. The molecule has 7 heteroatoms. The number of nitrogens with one attached hydrogen (secondary N) is 1. The highest BCUT2D eigenvalue weighted by Gasteiger charge is 2.39. The number of amides is 2. The van der Waals surface area contributed by atoms with Crippen molar-refractivity contribution >= 4 is 51.4 Å². The number of nitrogens with zero attached hydrogens (tertiary/aromatic N) is 1. The van der Waals surface area contributed by atoms with Gasteiger partial charge in [0, 0.05) is 5.56 Å². The molecule has 0 bridgehead atoms. The van der Waals surface area contributed by atoms with Gasteiger partial charge in [-0.3, -0.25) is 14.4 Å². The van der Waals surface area contributed by atoms with Crippen LogP contribution in [0.2, 0.25) is 0 Å². The number of carbonyl (C=O) groups excluding carboxylic acids is 2. The number of rotatable bonds is 1. The van der Waals surface area contributed by atoms with E-state index in [0.717, 1.165) is 11.8 Å². The number of thiocarbonyl (C=S) groups is 1. The summed E-state index contributed by atoms with van der Waals surface area (Å²) in [5.74, 6) is -0.697. The van der Waals surface area contributed by atoms with E-state index in [9.17, 15) is 9.59 Å². The number of hydrogen-bond acceptors (Lipinski definition) is 5. The fourth-order valence-electron chi connectivity index (χ4n) is 2.07. The molecule has 5 nitrogen and oxygen atoms in total. The molecule has 1 N–H and O–H groups in total. The normalized spacial score (nSPS) is 21.9. The zero-order valence-corrected chi connectivity index (χ0v) is 11.4. The van der Waals surface area contributed by atoms with E-state index in [1.54, 1.807) is 18.2 Å². The molecule has 1 saturated heterocycles. The van der Waals surface area contributed by atoms with Gasteiger partial charge in [0.1, 0.15) is 4.32 Å². The molecule has 2 aliphatic heterocycles. The topological polar surface area (TPSA) is 58.6 Å². The summed E-state index contributed by atoms with van der Waals surface area (Å²) in [7, 11) is 1.41. The number of benzene rings is 1. The van der Waals surface area contributed by atoms with Gasteiger partial charge in [0.15, 0.2) is 0 Å². The molecule has 0 atom stereocenters. The van der Waals surface area contributed by atoms with Crippen LogP contribution in [0.4, 0.5) is 5.69 Å². The summed E-state index contributed by atoms with van der Waals surface area (Å²) >= 11 is 6.04. The Bertz CT molecular complexity index is 654. The third kappa shape index (κ3) is 1.78. The number of carbonyl (C=O) groups is 2. The molecule has 19 heavy (non-hydrogen) atoms. The van der Waals surface area contributed by atoms with Crippen molar-refractivity contribution in [2.45, 2.75) is 0 Å². The summed E-state index contributed by atoms with van der Waals surface area (Å²) in [6, 6.07) is 7.16. The third-order valence-corrected chi connectivity index (χ3v) is 4.05. The van der Waals surface area contributed by atoms with Gasteiger partial charge >= 0.3 is 0 Å². The van der Waals surface area contributed by atoms with Crippen molar-refractivity contribution < 1.29 is 14.4 Å². The summed E-state index contributed by atoms with van der Waals surface area (Å²) < 4.78 is 0.355. The summed E-state index contributed by atoms with van der Waals surface area (Å²) in [6.45, 7) is 0. The van der Waals surface area contributed by atoms with E-state index < -0.39 is 0 Å². The van der Waals surface area contributed by atoms with Crippen LogP contribution >= 0.6 is 24.0 Å². The van der Waals surface area contributed by atoms with Crippen LogP contribution in [0.5, 0.6) is 0 Å². The van der Waals surface area contributed by atoms with Crippen LogP contribution < -0.4 is 10.4 Å². The van der Waals surface area contributed by atoms with Crippen LogP contribution in [-0.2, 0) is 14.4 Å². The minimum Gasteiger partial charge on any atom is -0.307 e. The molecule has 0 spiro atoms. The first-order valence-corrected chi connectivity index (χ1v) is 6.61. The highest BCUT2D eigenvalue weighted by atomic mass is 32.2. The Morgan fingerprint density at radius 2 is 2.05 bits per heavy atom. The zero-order chi connectivity index (χ0) is 13.6. The first-order chi connectivity index (χ1) is 9.13. The van der Waals surface area contributed by atoms with Gasteiger partial charge in [0.25, 0.3) is 11.8 Å². The van der Waals surface area contributed by atoms with Crippen LogP contribution in [0.25, 0.3) is 5.57 Å². The Kier molecular flexibility index (Phi) is 2.89. The number of hydrogen-bond donors (Lipinski definition) is 1. The maximum absolute atomic E-state index is 12.3. The van der Waals surface area contributed by atoms with E-state index in [0.29, 0.717) is 26.0 Å². The molecule has 0 aromatic heterocycles. The number of thioether (sulfide) groups is 1. The Labute approximate surface area is 118 Å². The number of anilines is 1. The van der Waals surface area contributed by atoms with E-state index in [-0.39, 0.29) is 11.8 Å². The number of fused-ring (bicyclic) bond motifs is 1. The fourth-order valence-corrected chi connectivity index (χ4v) is 3.18. The summed E-state index contributed by atoms with van der Waals surface area (Å²) in [5, 5.41) is 3.69. The van der Waals surface area contributed by atoms with Gasteiger partial charge in [-0.1, -0.05) is 42.2 Å². The second-order valence-electron chi connectivity index (χ2n) is 3.85. The molecule has 1 aromatic carbocycles. The predicted molar refractivity (Wildman–Crippen MR) is 76.2 cm³/mol. The Balaban J connectivity index is 2.23. The molecule has 0 saturated carbocycles. The van der Waals surface area contributed by atoms with Crippen LogP contribution in [-0.4, -0.2) is 23.2 Å². The maximum atomic E-state index is 12.3. The van der Waals surface area contributed by atoms with Crippen molar-refractivity contribution in [1.82, 2.24) is 5.32 Å². The Morgan fingerprint density at radius 3 is 2.68 bits per heavy atom. The van der Waals surface area contributed by atoms with Gasteiger partial charge in [-0.05, 0) is 6.07 Å². The van der Waals surface area contributed by atoms with E-state index in [1.807, 2.05) is 6.07 Å². The average Bonchev–Trinajstić information content (AvgIpc) is 2.85. The van der Waals surface area contributed by atoms with Crippen LogP contribution in [0.1, 0.15) is 5.56 Å². The van der Waals surface area contributed by atoms with Crippen molar-refractivity contribution in [1.29, 1.82) is 0 Å². The van der Waals surface area contributed by atoms with Crippen LogP contribution in [0.3, 0.4) is 0 Å². The minimum atomic E-state index is -0.356. The smallest absolute Gasteiger partial charge is 0.284 e. The Morgan fingerprint density at radius 1 is 1.32 bits per heavy atom. The average molecular weight is 292 g/mol. The first kappa shape index (κ1) is 12.3. The van der Waals surface area contributed by atoms with E-state index in [4.69, 9.17) is 17.1 Å². The quantitative estimate of drug-likeness (QED) is 0.627. The van der Waals surface area contributed by atoms with Crippen molar-refractivity contribution in [2.24, 2.45) is 0 Å². The third-order valence-electron chi connectivity index (χ3n) is 2.82. The molecule has 2 aliphatic rings. The molecular formula is C12H8N2O3S2. The molecule has 3 rings (SSSR count). The molecule has 1 aromatic rings. The summed E-state index contributed by atoms with van der Waals surface area (Å²) in [4.78, 5) is 29.6. The second kappa shape index (κ2) is 4.44. The van der Waals surface area contributed by atoms with Crippen LogP contribution in [0, 0.1) is 0 Å². The predicted octanol–water partition coefficient (Wildman–Crippen LogP) is 1.45. The maximum Gasteiger partial charge on any atom is 0.284 e. The number of para-hydroxylation sites is 1. The number of hydroxylamine groups is 1. The fraction of sp³-hybridized carbons (Fsp3) is 0.0833. The van der Waals surface area contributed by atoms with Gasteiger partial charge in [-0.2, -0.15) is 5.06 Å². The summed E-state index contributed by atoms with van der Waals surface area (Å²) in [5.41, 5.74) is 1.64. The van der Waals surface area contributed by atoms with Crippen molar-refractivity contribution in [3.05, 3.63) is 34.7 Å². The van der Waals surface area contributed by atoms with E-state index >= 15 is 0 Å². The lowest BCUT2D eigenvalue weighted by molar-refractivity contribution is -0.119. The van der Waals surface area contributed by atoms with Gasteiger partial charge in [-0.15, -0.1) is 0 Å². The van der Waals surface area contributed by atoms with E-state index in [2.05, 4.69) is 5.32 Å². The van der Waals surface area contributed by atoms with Crippen molar-refractivity contribution in [3.63, 3.8) is 0 Å². The van der Waals surface area contributed by atoms with Crippen molar-refractivity contribution in [2.75, 3.05) is 12.2 Å². The molecule has 2 heterocycles. The summed E-state index contributed by atoms with van der Waals surface area (Å²) in [6.07, 6.45) is 0. The molecule has 96 valence electrons. The minimum absolute atomic E-state index is 0.321. The second-order valence-corrected chi connectivity index (χ2v) is 5.53. The standard InChI is InChI=1S/C12H8N2O3S2/c1-17-14-7-5-3-2-4-6(7)8(11(14)16)9-10(15)13-12(18)19-9/h2-5H,1H3,(H,13,15,18)/b9-8-. The molecule has 0 unspecified atom stereocenters. The lowest BCUT2D eigenvalue weighted by atomic mass is 10.1.